The summed E-state index contributed by atoms with van der Waals surface area (Å²) in [6.07, 6.45) is 1.41. The summed E-state index contributed by atoms with van der Waals surface area (Å²) in [5.41, 5.74) is 1.10. The Bertz CT molecular complexity index is 1050. The van der Waals surface area contributed by atoms with Gasteiger partial charge in [0, 0.05) is 0 Å². The molecular weight excluding hydrogens is 353 g/mol. The van der Waals surface area contributed by atoms with Gasteiger partial charge in [-0.15, -0.1) is 5.10 Å². The van der Waals surface area contributed by atoms with Crippen molar-refractivity contribution in [2.24, 2.45) is 0 Å². The van der Waals surface area contributed by atoms with Gasteiger partial charge < -0.3 is 9.72 Å². The van der Waals surface area contributed by atoms with E-state index >= 15 is 0 Å². The van der Waals surface area contributed by atoms with Crippen LogP contribution in [0.25, 0.3) is 28.7 Å². The summed E-state index contributed by atoms with van der Waals surface area (Å²) in [6, 6.07) is 0. The molecule has 0 radical (unpaired) electrons. The van der Waals surface area contributed by atoms with Gasteiger partial charge in [0.2, 0.25) is 5.78 Å². The zero-order valence-electron chi connectivity index (χ0n) is 13.2. The average molecular weight is 364 g/mol. The summed E-state index contributed by atoms with van der Waals surface area (Å²) >= 11 is 0. The number of H-pyrrole nitrogens is 2. The Morgan fingerprint density at radius 1 is 1.23 bits per heavy atom. The molecule has 4 rings (SSSR count). The van der Waals surface area contributed by atoms with Crippen LogP contribution in [0.4, 0.5) is 13.2 Å². The van der Waals surface area contributed by atoms with Crippen LogP contribution >= 0.6 is 0 Å². The Labute approximate surface area is 143 Å². The first-order valence-electron chi connectivity index (χ1n) is 7.47. The predicted molar refractivity (Wildman–Crippen MR) is 82.1 cm³/mol. The first-order valence-corrected chi connectivity index (χ1v) is 7.47. The predicted octanol–water partition coefficient (Wildman–Crippen LogP) is 2.32. The molecule has 12 heteroatoms. The normalized spacial score (nSPS) is 12.0. The van der Waals surface area contributed by atoms with Crippen LogP contribution in [0.2, 0.25) is 0 Å². The van der Waals surface area contributed by atoms with Crippen molar-refractivity contribution >= 4 is 5.78 Å². The van der Waals surface area contributed by atoms with Crippen LogP contribution in [-0.4, -0.2) is 46.1 Å². The van der Waals surface area contributed by atoms with Gasteiger partial charge in [-0.2, -0.15) is 13.2 Å². The zero-order valence-corrected chi connectivity index (χ0v) is 13.2. The minimum Gasteiger partial charge on any atom is -0.491 e. The van der Waals surface area contributed by atoms with Crippen LogP contribution in [-0.2, 0) is 6.18 Å². The first-order chi connectivity index (χ1) is 12.5. The van der Waals surface area contributed by atoms with Gasteiger partial charge in [0.25, 0.3) is 5.82 Å². The molecule has 0 fully saturated rings. The van der Waals surface area contributed by atoms with Gasteiger partial charge in [0.05, 0.1) is 37.2 Å². The minimum absolute atomic E-state index is 0.134. The van der Waals surface area contributed by atoms with Gasteiger partial charge in [-0.1, -0.05) is 0 Å². The monoisotopic (exact) mass is 364 g/mol. The van der Waals surface area contributed by atoms with Crippen molar-refractivity contribution < 1.29 is 17.9 Å². The number of aromatic nitrogens is 8. The molecule has 0 amide bonds. The molecule has 0 atom stereocenters. The van der Waals surface area contributed by atoms with Crippen molar-refractivity contribution in [1.29, 1.82) is 0 Å². The fraction of sp³-hybridized carbons (Fsp3) is 0.214. The van der Waals surface area contributed by atoms with Gasteiger partial charge in [-0.05, 0) is 6.92 Å². The highest BCUT2D eigenvalue weighted by molar-refractivity contribution is 5.76. The molecule has 4 aromatic heterocycles. The van der Waals surface area contributed by atoms with Crippen molar-refractivity contribution in [3.05, 3.63) is 30.7 Å². The molecule has 4 aromatic rings. The fourth-order valence-electron chi connectivity index (χ4n) is 2.46. The Hall–Kier alpha value is -3.44. The van der Waals surface area contributed by atoms with Crippen LogP contribution in [0, 0.1) is 0 Å². The maximum Gasteiger partial charge on any atom is 0.453 e. The third-order valence-electron chi connectivity index (χ3n) is 3.48. The highest BCUT2D eigenvalue weighted by atomic mass is 19.4. The summed E-state index contributed by atoms with van der Waals surface area (Å²) in [4.78, 5) is 18.8. The van der Waals surface area contributed by atoms with Gasteiger partial charge in [-0.25, -0.2) is 19.9 Å². The topological polar surface area (TPSA) is 110 Å². The summed E-state index contributed by atoms with van der Waals surface area (Å²) in [5.74, 6) is -0.662. The molecule has 0 bridgehead atoms. The van der Waals surface area contributed by atoms with Gasteiger partial charge in [-0.3, -0.25) is 9.50 Å². The van der Waals surface area contributed by atoms with Crippen molar-refractivity contribution in [1.82, 2.24) is 39.5 Å². The minimum atomic E-state index is -4.66. The maximum absolute atomic E-state index is 12.8. The molecule has 0 saturated heterocycles. The fourth-order valence-corrected chi connectivity index (χ4v) is 2.46. The van der Waals surface area contributed by atoms with Gasteiger partial charge >= 0.3 is 6.18 Å². The van der Waals surface area contributed by atoms with Crippen molar-refractivity contribution in [3.63, 3.8) is 0 Å². The SMILES string of the molecule is CCOc1cnc2nc(-c3nc(C(F)(F)F)n[nH]3)c(-c3cnc[nH]3)n2c1. The number of aromatic amines is 2. The largest absolute Gasteiger partial charge is 0.491 e. The number of imidazole rings is 2. The molecule has 0 saturated carbocycles. The van der Waals surface area contributed by atoms with E-state index in [9.17, 15) is 13.2 Å². The number of ether oxygens (including phenoxy) is 1. The molecule has 134 valence electrons. The van der Waals surface area contributed by atoms with E-state index in [0.29, 0.717) is 23.7 Å². The Kier molecular flexibility index (Phi) is 3.60. The molecule has 0 spiro atoms. The molecule has 0 unspecified atom stereocenters. The average Bonchev–Trinajstić information content (AvgIpc) is 3.32. The number of alkyl halides is 3. The highest BCUT2D eigenvalue weighted by Gasteiger charge is 2.36. The second-order valence-electron chi connectivity index (χ2n) is 5.17. The number of hydrogen-bond donors (Lipinski definition) is 2. The van der Waals surface area contributed by atoms with Gasteiger partial charge in [0.15, 0.2) is 11.6 Å². The van der Waals surface area contributed by atoms with E-state index in [-0.39, 0.29) is 17.3 Å². The molecule has 0 aliphatic carbocycles. The summed E-state index contributed by atoms with van der Waals surface area (Å²) < 4.78 is 45.5. The number of hydrogen-bond acceptors (Lipinski definition) is 6. The quantitative estimate of drug-likeness (QED) is 0.575. The molecule has 9 nitrogen and oxygen atoms in total. The smallest absolute Gasteiger partial charge is 0.453 e. The molecular formula is C14H11F3N8O. The molecule has 4 heterocycles. The lowest BCUT2D eigenvalue weighted by atomic mass is 10.2. The van der Waals surface area contributed by atoms with E-state index in [1.807, 2.05) is 6.92 Å². The molecule has 0 aliphatic rings. The van der Waals surface area contributed by atoms with Crippen molar-refractivity contribution in [2.45, 2.75) is 13.1 Å². The third-order valence-corrected chi connectivity index (χ3v) is 3.48. The number of nitrogens with one attached hydrogen (secondary N) is 2. The van der Waals surface area contributed by atoms with Crippen LogP contribution in [0.5, 0.6) is 5.75 Å². The summed E-state index contributed by atoms with van der Waals surface area (Å²) in [6.45, 7) is 2.26. The van der Waals surface area contributed by atoms with E-state index in [2.05, 4.69) is 35.1 Å². The lowest BCUT2D eigenvalue weighted by Gasteiger charge is -2.04. The standard InChI is InChI=1S/C14H11F3N8O/c1-2-26-7-3-19-13-21-9(11-22-12(24-23-11)14(15,16)17)10(25(13)5-7)8-4-18-6-20-8/h3-6H,2H2,1H3,(H,18,20)(H,22,23,24). The van der Waals surface area contributed by atoms with Crippen LogP contribution < -0.4 is 4.74 Å². The number of nitrogens with zero attached hydrogens (tertiary/aromatic N) is 6. The number of fused-ring (bicyclic) bond motifs is 1. The molecule has 2 N–H and O–H groups in total. The lowest BCUT2D eigenvalue weighted by molar-refractivity contribution is -0.144. The van der Waals surface area contributed by atoms with Crippen LogP contribution in [0.15, 0.2) is 24.9 Å². The second kappa shape index (κ2) is 5.82. The lowest BCUT2D eigenvalue weighted by Crippen LogP contribution is -2.07. The summed E-state index contributed by atoms with van der Waals surface area (Å²) in [5, 5.41) is 5.50. The molecule has 0 aromatic carbocycles. The van der Waals surface area contributed by atoms with Crippen molar-refractivity contribution in [2.75, 3.05) is 6.61 Å². The maximum atomic E-state index is 12.8. The number of halogens is 3. The third kappa shape index (κ3) is 2.64. The van der Waals surface area contributed by atoms with E-state index in [4.69, 9.17) is 4.74 Å². The van der Waals surface area contributed by atoms with Crippen LogP contribution in [0.1, 0.15) is 12.7 Å². The van der Waals surface area contributed by atoms with Crippen LogP contribution in [0.3, 0.4) is 0 Å². The molecule has 26 heavy (non-hydrogen) atoms. The van der Waals surface area contributed by atoms with E-state index in [0.717, 1.165) is 0 Å². The summed E-state index contributed by atoms with van der Waals surface area (Å²) in [7, 11) is 0. The Balaban J connectivity index is 1.94. The Morgan fingerprint density at radius 3 is 2.73 bits per heavy atom. The second-order valence-corrected chi connectivity index (χ2v) is 5.17. The van der Waals surface area contributed by atoms with E-state index in [1.54, 1.807) is 10.6 Å². The Morgan fingerprint density at radius 2 is 2.08 bits per heavy atom. The zero-order chi connectivity index (χ0) is 18.3. The van der Waals surface area contributed by atoms with E-state index < -0.39 is 12.0 Å². The van der Waals surface area contributed by atoms with Gasteiger partial charge in [0.1, 0.15) is 11.4 Å². The first kappa shape index (κ1) is 16.1. The highest BCUT2D eigenvalue weighted by Crippen LogP contribution is 2.32. The van der Waals surface area contributed by atoms with Crippen molar-refractivity contribution in [3.8, 4) is 28.7 Å². The number of rotatable bonds is 4. The molecule has 0 aliphatic heterocycles. The van der Waals surface area contributed by atoms with E-state index in [1.165, 1.54) is 18.7 Å².